The predicted molar refractivity (Wildman–Crippen MR) is 42.0 cm³/mol. The van der Waals surface area contributed by atoms with Gasteiger partial charge in [-0.2, -0.15) is 0 Å². The van der Waals surface area contributed by atoms with Gasteiger partial charge >= 0.3 is 0 Å². The molecular formula is C9H12O2. The van der Waals surface area contributed by atoms with E-state index in [9.17, 15) is 10.2 Å². The molecule has 2 nitrogen and oxygen atoms in total. The minimum atomic E-state index is -0.674. The molecule has 0 spiro atoms. The minimum Gasteiger partial charge on any atom is -0.386 e. The van der Waals surface area contributed by atoms with Crippen molar-refractivity contribution in [1.29, 1.82) is 0 Å². The van der Waals surface area contributed by atoms with Gasteiger partial charge in [-0.05, 0) is 30.4 Å². The van der Waals surface area contributed by atoms with Gasteiger partial charge in [-0.15, -0.1) is 0 Å². The molecule has 2 heteroatoms. The molecule has 0 heterocycles. The molecular weight excluding hydrogens is 140 g/mol. The predicted octanol–water partition coefficient (Wildman–Crippen LogP) is 0.758. The Kier molecular flexibility index (Phi) is 1.59. The van der Waals surface area contributed by atoms with Crippen LogP contribution in [0.15, 0.2) is 23.3 Å². The molecule has 2 rings (SSSR count). The van der Waals surface area contributed by atoms with Crippen molar-refractivity contribution in [2.45, 2.75) is 31.5 Å². The molecule has 0 bridgehead atoms. The first-order valence-corrected chi connectivity index (χ1v) is 4.05. The van der Waals surface area contributed by atoms with Crippen LogP contribution < -0.4 is 0 Å². The first kappa shape index (κ1) is 7.07. The van der Waals surface area contributed by atoms with E-state index < -0.39 is 12.2 Å². The summed E-state index contributed by atoms with van der Waals surface area (Å²) < 4.78 is 0. The highest BCUT2D eigenvalue weighted by Gasteiger charge is 2.27. The van der Waals surface area contributed by atoms with E-state index in [0.29, 0.717) is 0 Å². The van der Waals surface area contributed by atoms with E-state index in [2.05, 4.69) is 0 Å². The van der Waals surface area contributed by atoms with Crippen LogP contribution in [0.25, 0.3) is 0 Å². The lowest BCUT2D eigenvalue weighted by Crippen LogP contribution is -2.27. The lowest BCUT2D eigenvalue weighted by atomic mass is 9.95. The van der Waals surface area contributed by atoms with Crippen LogP contribution in [0.4, 0.5) is 0 Å². The van der Waals surface area contributed by atoms with Gasteiger partial charge in [-0.25, -0.2) is 0 Å². The van der Waals surface area contributed by atoms with Crippen molar-refractivity contribution >= 4 is 0 Å². The third kappa shape index (κ3) is 1.03. The summed E-state index contributed by atoms with van der Waals surface area (Å²) >= 11 is 0. The van der Waals surface area contributed by atoms with Gasteiger partial charge in [0.2, 0.25) is 0 Å². The van der Waals surface area contributed by atoms with Gasteiger partial charge in [0.25, 0.3) is 0 Å². The van der Waals surface area contributed by atoms with Crippen LogP contribution in [-0.2, 0) is 0 Å². The molecule has 2 atom stereocenters. The smallest absolute Gasteiger partial charge is 0.105 e. The summed E-state index contributed by atoms with van der Waals surface area (Å²) in [6, 6.07) is 0. The molecule has 11 heavy (non-hydrogen) atoms. The van der Waals surface area contributed by atoms with Gasteiger partial charge in [0, 0.05) is 0 Å². The van der Waals surface area contributed by atoms with Gasteiger partial charge in [0.05, 0.1) is 0 Å². The summed E-state index contributed by atoms with van der Waals surface area (Å²) in [6.07, 6.45) is 5.46. The Morgan fingerprint density at radius 3 is 2.91 bits per heavy atom. The average Bonchev–Trinajstić information content (AvgIpc) is 2.45. The third-order valence-corrected chi connectivity index (χ3v) is 2.48. The Labute approximate surface area is 65.9 Å². The summed E-state index contributed by atoms with van der Waals surface area (Å²) in [7, 11) is 0. The van der Waals surface area contributed by atoms with Gasteiger partial charge in [0.15, 0.2) is 0 Å². The molecule has 60 valence electrons. The molecule has 0 aromatic heterocycles. The maximum absolute atomic E-state index is 9.49. The van der Waals surface area contributed by atoms with E-state index in [1.165, 1.54) is 5.57 Å². The second-order valence-electron chi connectivity index (χ2n) is 3.20. The first-order chi connectivity index (χ1) is 5.29. The van der Waals surface area contributed by atoms with E-state index >= 15 is 0 Å². The van der Waals surface area contributed by atoms with E-state index in [-0.39, 0.29) is 0 Å². The molecule has 0 saturated carbocycles. The van der Waals surface area contributed by atoms with Crippen LogP contribution >= 0.6 is 0 Å². The number of aliphatic hydroxyl groups is 2. The first-order valence-electron chi connectivity index (χ1n) is 4.05. The van der Waals surface area contributed by atoms with E-state index in [0.717, 1.165) is 24.8 Å². The average molecular weight is 152 g/mol. The Bertz CT molecular complexity index is 228. The Morgan fingerprint density at radius 1 is 1.27 bits per heavy atom. The lowest BCUT2D eigenvalue weighted by molar-refractivity contribution is 0.0696. The minimum absolute atomic E-state index is 0.627. The van der Waals surface area contributed by atoms with Gasteiger partial charge in [0.1, 0.15) is 12.2 Å². The second-order valence-corrected chi connectivity index (χ2v) is 3.20. The topological polar surface area (TPSA) is 40.5 Å². The molecule has 2 unspecified atom stereocenters. The van der Waals surface area contributed by atoms with Crippen LogP contribution in [-0.4, -0.2) is 22.4 Å². The van der Waals surface area contributed by atoms with Crippen LogP contribution in [0.3, 0.4) is 0 Å². The standard InChI is InChI=1S/C9H12O2/c10-8-5-4-6-2-1-3-7(6)9(8)11/h4-5,8-11H,1-3H2. The fourth-order valence-electron chi connectivity index (χ4n) is 1.84. The van der Waals surface area contributed by atoms with Crippen LogP contribution in [0.2, 0.25) is 0 Å². The summed E-state index contributed by atoms with van der Waals surface area (Å²) in [5, 5.41) is 18.7. The Morgan fingerprint density at radius 2 is 2.09 bits per heavy atom. The second kappa shape index (κ2) is 2.47. The van der Waals surface area contributed by atoms with Crippen molar-refractivity contribution < 1.29 is 10.2 Å². The molecule has 0 amide bonds. The number of hydrogen-bond acceptors (Lipinski definition) is 2. The maximum Gasteiger partial charge on any atom is 0.105 e. The van der Waals surface area contributed by atoms with E-state index in [1.807, 2.05) is 6.08 Å². The van der Waals surface area contributed by atoms with Crippen LogP contribution in [0.1, 0.15) is 19.3 Å². The molecule has 0 saturated heterocycles. The molecule has 2 N–H and O–H groups in total. The fraction of sp³-hybridized carbons (Fsp3) is 0.556. The SMILES string of the molecule is OC1C=CC2=C(CCC2)C1O. The molecule has 2 aliphatic carbocycles. The zero-order chi connectivity index (χ0) is 7.84. The van der Waals surface area contributed by atoms with Gasteiger partial charge in [-0.1, -0.05) is 12.2 Å². The highest BCUT2D eigenvalue weighted by atomic mass is 16.3. The fourth-order valence-corrected chi connectivity index (χ4v) is 1.84. The van der Waals surface area contributed by atoms with Gasteiger partial charge in [-0.3, -0.25) is 0 Å². The largest absolute Gasteiger partial charge is 0.386 e. The van der Waals surface area contributed by atoms with Crippen molar-refractivity contribution in [2.24, 2.45) is 0 Å². The zero-order valence-electron chi connectivity index (χ0n) is 6.33. The number of rotatable bonds is 0. The Hall–Kier alpha value is -0.600. The quantitative estimate of drug-likeness (QED) is 0.538. The highest BCUT2D eigenvalue weighted by Crippen LogP contribution is 2.33. The summed E-state index contributed by atoms with van der Waals surface area (Å²) in [5.74, 6) is 0. The van der Waals surface area contributed by atoms with E-state index in [4.69, 9.17) is 0 Å². The van der Waals surface area contributed by atoms with Gasteiger partial charge < -0.3 is 10.2 Å². The van der Waals surface area contributed by atoms with Crippen molar-refractivity contribution in [2.75, 3.05) is 0 Å². The molecule has 0 fully saturated rings. The molecule has 0 aromatic carbocycles. The molecule has 2 aliphatic rings. The van der Waals surface area contributed by atoms with Crippen molar-refractivity contribution in [3.8, 4) is 0 Å². The van der Waals surface area contributed by atoms with Crippen LogP contribution in [0.5, 0.6) is 0 Å². The summed E-state index contributed by atoms with van der Waals surface area (Å²) in [6.45, 7) is 0. The summed E-state index contributed by atoms with van der Waals surface area (Å²) in [5.41, 5.74) is 2.29. The molecule has 0 radical (unpaired) electrons. The van der Waals surface area contributed by atoms with Crippen molar-refractivity contribution in [1.82, 2.24) is 0 Å². The number of aliphatic hydroxyl groups excluding tert-OH is 2. The maximum atomic E-state index is 9.49. The number of hydrogen-bond donors (Lipinski definition) is 2. The number of allylic oxidation sites excluding steroid dienone is 2. The molecule has 0 aromatic rings. The van der Waals surface area contributed by atoms with Crippen molar-refractivity contribution in [3.63, 3.8) is 0 Å². The summed E-state index contributed by atoms with van der Waals surface area (Å²) in [4.78, 5) is 0. The zero-order valence-corrected chi connectivity index (χ0v) is 6.33. The molecule has 0 aliphatic heterocycles. The monoisotopic (exact) mass is 152 g/mol. The lowest BCUT2D eigenvalue weighted by Gasteiger charge is -2.20. The van der Waals surface area contributed by atoms with Crippen molar-refractivity contribution in [3.05, 3.63) is 23.3 Å². The normalized spacial score (nSPS) is 36.2. The highest BCUT2D eigenvalue weighted by molar-refractivity contribution is 5.37. The van der Waals surface area contributed by atoms with Crippen LogP contribution in [0, 0.1) is 0 Å². The van der Waals surface area contributed by atoms with E-state index in [1.54, 1.807) is 6.08 Å². The Balaban J connectivity index is 2.30. The third-order valence-electron chi connectivity index (χ3n) is 2.48.